The predicted octanol–water partition coefficient (Wildman–Crippen LogP) is 18.0. The third-order valence-corrected chi connectivity index (χ3v) is 14.0. The van der Waals surface area contributed by atoms with Crippen molar-refractivity contribution in [1.82, 2.24) is 0 Å². The van der Waals surface area contributed by atoms with E-state index >= 15 is 0 Å². The second kappa shape index (κ2) is 16.8. The van der Waals surface area contributed by atoms with Crippen molar-refractivity contribution in [1.29, 1.82) is 0 Å². The van der Waals surface area contributed by atoms with Crippen molar-refractivity contribution >= 4 is 27.8 Å². The van der Waals surface area contributed by atoms with Crippen LogP contribution in [0.4, 0.5) is 17.1 Å². The summed E-state index contributed by atoms with van der Waals surface area (Å²) < 4.78 is 0. The summed E-state index contributed by atoms with van der Waals surface area (Å²) >= 11 is 0. The fraction of sp³-hybridized carbons (Fsp3) is 0.0303. The largest absolute Gasteiger partial charge is 0.311 e. The molecule has 0 saturated heterocycles. The third kappa shape index (κ3) is 7.23. The van der Waals surface area contributed by atoms with Crippen LogP contribution >= 0.6 is 0 Å². The van der Waals surface area contributed by atoms with E-state index in [0.717, 1.165) is 17.1 Å². The zero-order valence-electron chi connectivity index (χ0n) is 37.4. The van der Waals surface area contributed by atoms with E-state index in [4.69, 9.17) is 0 Å². The second-order valence-corrected chi connectivity index (χ2v) is 17.8. The quantitative estimate of drug-likeness (QED) is 0.140. The van der Waals surface area contributed by atoms with Crippen molar-refractivity contribution in [3.63, 3.8) is 0 Å². The highest BCUT2D eigenvalue weighted by molar-refractivity contribution is 5.94. The van der Waals surface area contributed by atoms with Crippen LogP contribution in [0, 0.1) is 0 Å². The number of rotatable bonds is 9. The van der Waals surface area contributed by atoms with E-state index in [1.165, 1.54) is 94.2 Å². The van der Waals surface area contributed by atoms with Crippen LogP contribution in [0.15, 0.2) is 267 Å². The molecule has 0 amide bonds. The summed E-state index contributed by atoms with van der Waals surface area (Å²) in [4.78, 5) is 2.37. The maximum absolute atomic E-state index is 2.38. The van der Waals surface area contributed by atoms with Gasteiger partial charge in [-0.3, -0.25) is 0 Å². The summed E-state index contributed by atoms with van der Waals surface area (Å²) in [7, 11) is 0. The van der Waals surface area contributed by atoms with E-state index in [9.17, 15) is 0 Å². The molecule has 0 heterocycles. The summed E-state index contributed by atoms with van der Waals surface area (Å²) in [6, 6.07) is 97.6. The number of nitrogens with zero attached hydrogens (tertiary/aromatic N) is 1. The Morgan fingerprint density at radius 2 is 0.672 bits per heavy atom. The molecule has 11 aromatic carbocycles. The van der Waals surface area contributed by atoms with E-state index in [2.05, 4.69) is 279 Å². The molecule has 1 unspecified atom stereocenters. The number of hydrogen-bond donors (Lipinski definition) is 0. The molecule has 0 aliphatic heterocycles. The molecule has 1 heteroatoms. The molecule has 0 aromatic heterocycles. The summed E-state index contributed by atoms with van der Waals surface area (Å²) in [5.74, 6) is 0. The van der Waals surface area contributed by atoms with E-state index < -0.39 is 0 Å². The van der Waals surface area contributed by atoms with Crippen LogP contribution in [0.2, 0.25) is 0 Å². The van der Waals surface area contributed by atoms with E-state index in [0.29, 0.717) is 0 Å². The normalized spacial score (nSPS) is 13.8. The van der Waals surface area contributed by atoms with Crippen molar-refractivity contribution in [2.75, 3.05) is 4.90 Å². The Labute approximate surface area is 393 Å². The summed E-state index contributed by atoms with van der Waals surface area (Å²) in [6.45, 7) is 2.38. The predicted molar refractivity (Wildman–Crippen MR) is 283 cm³/mol. The molecule has 0 fully saturated rings. The Bertz CT molecular complexity index is 3540. The average Bonchev–Trinajstić information content (AvgIpc) is 3.68. The van der Waals surface area contributed by atoms with Gasteiger partial charge in [0.1, 0.15) is 0 Å². The number of benzene rings is 11. The monoisotopic (exact) mass is 853 g/mol. The highest BCUT2D eigenvalue weighted by atomic mass is 15.1. The molecule has 1 atom stereocenters. The Balaban J connectivity index is 0.901. The molecule has 1 nitrogen and oxygen atoms in total. The lowest BCUT2D eigenvalue weighted by molar-refractivity contribution is 0.714. The Morgan fingerprint density at radius 3 is 1.30 bits per heavy atom. The van der Waals surface area contributed by atoms with Crippen molar-refractivity contribution in [3.05, 3.63) is 284 Å². The van der Waals surface area contributed by atoms with Crippen molar-refractivity contribution in [2.45, 2.75) is 12.3 Å². The van der Waals surface area contributed by atoms with Gasteiger partial charge in [0.25, 0.3) is 0 Å². The lowest BCUT2D eigenvalue weighted by atomic mass is 9.74. The van der Waals surface area contributed by atoms with E-state index in [1.807, 2.05) is 0 Å². The number of hydrogen-bond acceptors (Lipinski definition) is 1. The van der Waals surface area contributed by atoms with E-state index in [-0.39, 0.29) is 5.41 Å². The molecule has 0 bridgehead atoms. The summed E-state index contributed by atoms with van der Waals surface area (Å²) in [5.41, 5.74) is 21.7. The first kappa shape index (κ1) is 40.0. The zero-order valence-corrected chi connectivity index (χ0v) is 37.4. The van der Waals surface area contributed by atoms with Crippen LogP contribution in [-0.4, -0.2) is 0 Å². The molecule has 11 aromatic rings. The van der Waals surface area contributed by atoms with Crippen molar-refractivity contribution in [3.8, 4) is 66.8 Å². The van der Waals surface area contributed by atoms with Gasteiger partial charge in [-0.25, -0.2) is 0 Å². The fourth-order valence-corrected chi connectivity index (χ4v) is 10.4. The van der Waals surface area contributed by atoms with Crippen LogP contribution in [0.5, 0.6) is 0 Å². The zero-order chi connectivity index (χ0) is 44.7. The van der Waals surface area contributed by atoms with Gasteiger partial charge in [-0.15, -0.1) is 0 Å². The summed E-state index contributed by atoms with van der Waals surface area (Å²) in [5, 5.41) is 2.52. The first-order valence-electron chi connectivity index (χ1n) is 23.2. The minimum Gasteiger partial charge on any atom is -0.311 e. The van der Waals surface area contributed by atoms with Gasteiger partial charge in [-0.2, -0.15) is 0 Å². The lowest BCUT2D eigenvalue weighted by Crippen LogP contribution is -2.22. The van der Waals surface area contributed by atoms with Gasteiger partial charge in [0.2, 0.25) is 0 Å². The molecule has 0 spiro atoms. The minimum absolute atomic E-state index is 0.250. The van der Waals surface area contributed by atoms with Crippen LogP contribution in [0.1, 0.15) is 23.6 Å². The highest BCUT2D eigenvalue weighted by Gasteiger charge is 2.41. The molecule has 0 radical (unpaired) electrons. The van der Waals surface area contributed by atoms with Gasteiger partial charge in [-0.1, -0.05) is 218 Å². The lowest BCUT2D eigenvalue weighted by Gasteiger charge is -2.28. The maximum atomic E-state index is 2.38. The Morgan fingerprint density at radius 1 is 0.269 bits per heavy atom. The Hall–Kier alpha value is -8.52. The number of fused-ring (bicyclic) bond motifs is 4. The van der Waals surface area contributed by atoms with Crippen LogP contribution in [-0.2, 0) is 5.41 Å². The maximum Gasteiger partial charge on any atom is 0.0462 e. The van der Waals surface area contributed by atoms with Crippen LogP contribution in [0.25, 0.3) is 77.5 Å². The fourth-order valence-electron chi connectivity index (χ4n) is 10.4. The first-order valence-corrected chi connectivity index (χ1v) is 23.2. The van der Waals surface area contributed by atoms with Gasteiger partial charge in [0.05, 0.1) is 0 Å². The molecule has 12 rings (SSSR count). The standard InChI is InChI=1S/C66H47N/c1-66(57-20-6-3-7-21-57)63-24-11-10-22-62(63)65-61(23-13-25-64(65)66)52-36-42-60(43-37-52)67(59-40-34-51(35-41-59)55-19-12-18-54(44-55)46-14-4-2-5-15-46)58-38-32-49(33-39-58)48-26-28-50(29-27-48)56-31-30-47-16-8-9-17-53(47)45-56/h2-45H,1H3. The first-order chi connectivity index (χ1) is 33.1. The van der Waals surface area contributed by atoms with Gasteiger partial charge in [0.15, 0.2) is 0 Å². The second-order valence-electron chi connectivity index (χ2n) is 17.8. The molecule has 1 aliphatic rings. The molecule has 1 aliphatic carbocycles. The molecule has 316 valence electrons. The van der Waals surface area contributed by atoms with Gasteiger partial charge in [0, 0.05) is 22.5 Å². The highest BCUT2D eigenvalue weighted by Crippen LogP contribution is 2.55. The van der Waals surface area contributed by atoms with Crippen molar-refractivity contribution < 1.29 is 0 Å². The van der Waals surface area contributed by atoms with Gasteiger partial charge in [-0.05, 0) is 150 Å². The molecule has 0 N–H and O–H groups in total. The van der Waals surface area contributed by atoms with Gasteiger partial charge < -0.3 is 4.90 Å². The van der Waals surface area contributed by atoms with Crippen LogP contribution < -0.4 is 4.90 Å². The van der Waals surface area contributed by atoms with Crippen molar-refractivity contribution in [2.24, 2.45) is 0 Å². The molecular formula is C66H47N. The minimum atomic E-state index is -0.250. The molecular weight excluding hydrogens is 807 g/mol. The van der Waals surface area contributed by atoms with Crippen LogP contribution in [0.3, 0.4) is 0 Å². The van der Waals surface area contributed by atoms with Gasteiger partial charge >= 0.3 is 0 Å². The smallest absolute Gasteiger partial charge is 0.0462 e. The third-order valence-electron chi connectivity index (χ3n) is 14.0. The topological polar surface area (TPSA) is 3.24 Å². The average molecular weight is 854 g/mol. The number of anilines is 3. The summed E-state index contributed by atoms with van der Waals surface area (Å²) in [6.07, 6.45) is 0. The molecule has 0 saturated carbocycles. The Kier molecular flexibility index (Phi) is 10.0. The SMILES string of the molecule is CC1(c2ccccc2)c2ccccc2-c2c(-c3ccc(N(c4ccc(-c5ccc(-c6ccc7ccccc7c6)cc5)cc4)c4ccc(-c5cccc(-c6ccccc6)c5)cc4)cc3)cccc21. The molecule has 67 heavy (non-hydrogen) atoms. The van der Waals surface area contributed by atoms with E-state index in [1.54, 1.807) is 0 Å².